The summed E-state index contributed by atoms with van der Waals surface area (Å²) in [6.07, 6.45) is 13.4. The first kappa shape index (κ1) is 25.7. The summed E-state index contributed by atoms with van der Waals surface area (Å²) in [4.78, 5) is 0. The summed E-state index contributed by atoms with van der Waals surface area (Å²) in [6, 6.07) is 0. The molecule has 0 aromatic carbocycles. The molecule has 0 fully saturated rings. The minimum Gasteiger partial charge on any atom is -0.748 e. The Balaban J connectivity index is 0. The van der Waals surface area contributed by atoms with E-state index in [-0.39, 0.29) is 63.2 Å². The van der Waals surface area contributed by atoms with Gasteiger partial charge in [-0.3, -0.25) is 0 Å². The summed E-state index contributed by atoms with van der Waals surface area (Å²) in [5.74, 6) is -0.215. The number of aliphatic hydroxyl groups is 1. The van der Waals surface area contributed by atoms with Gasteiger partial charge in [-0.1, -0.05) is 71.1 Å². The summed E-state index contributed by atoms with van der Waals surface area (Å²) in [5.41, 5.74) is 0. The van der Waals surface area contributed by atoms with Gasteiger partial charge in [-0.2, -0.15) is 0 Å². The molecule has 1 unspecified atom stereocenters. The van der Waals surface area contributed by atoms with Gasteiger partial charge in [0, 0.05) is 5.75 Å². The van der Waals surface area contributed by atoms with E-state index in [0.29, 0.717) is 6.42 Å². The van der Waals surface area contributed by atoms with Crippen molar-refractivity contribution in [1.29, 1.82) is 0 Å². The first-order chi connectivity index (χ1) is 9.95. The zero-order valence-electron chi connectivity index (χ0n) is 14.6. The van der Waals surface area contributed by atoms with Crippen LogP contribution in [0.2, 0.25) is 0 Å². The molecule has 0 aliphatic rings. The first-order valence-corrected chi connectivity index (χ1v) is 10.1. The molecule has 0 amide bonds. The Morgan fingerprint density at radius 2 is 1.23 bits per heavy atom. The SMILES string of the molecule is CCCCC(O)CCCCCCCCCCCS(=O)(=O)[O-].[K+]. The van der Waals surface area contributed by atoms with Gasteiger partial charge in [0.05, 0.1) is 16.2 Å². The molecule has 4 nitrogen and oxygen atoms in total. The molecule has 0 rings (SSSR count). The van der Waals surface area contributed by atoms with Crippen LogP contribution >= 0.6 is 0 Å². The summed E-state index contributed by atoms with van der Waals surface area (Å²) in [5, 5.41) is 9.70. The molecule has 0 spiro atoms. The van der Waals surface area contributed by atoms with E-state index in [0.717, 1.165) is 51.4 Å². The maximum absolute atomic E-state index is 10.4. The molecule has 0 bridgehead atoms. The average molecular weight is 361 g/mol. The summed E-state index contributed by atoms with van der Waals surface area (Å²) >= 11 is 0. The van der Waals surface area contributed by atoms with Crippen molar-refractivity contribution in [3.05, 3.63) is 0 Å². The second kappa shape index (κ2) is 17.3. The standard InChI is InChI=1S/C16H34O4S.K/c1-2-3-13-16(17)14-11-9-7-5-4-6-8-10-12-15-21(18,19)20;/h16-17H,2-15H2,1H3,(H,18,19,20);/q;+1/p-1. The predicted molar refractivity (Wildman–Crippen MR) is 86.3 cm³/mol. The van der Waals surface area contributed by atoms with Gasteiger partial charge in [0.2, 0.25) is 0 Å². The maximum Gasteiger partial charge on any atom is 1.00 e. The molecule has 22 heavy (non-hydrogen) atoms. The summed E-state index contributed by atoms with van der Waals surface area (Å²) in [7, 11) is -4.02. The van der Waals surface area contributed by atoms with Crippen LogP contribution in [0.3, 0.4) is 0 Å². The molecule has 0 aromatic heterocycles. The molecule has 0 radical (unpaired) electrons. The van der Waals surface area contributed by atoms with Gasteiger partial charge in [-0.15, -0.1) is 0 Å². The van der Waals surface area contributed by atoms with Crippen LogP contribution in [0.15, 0.2) is 0 Å². The third-order valence-electron chi connectivity index (χ3n) is 3.82. The van der Waals surface area contributed by atoms with Crippen molar-refractivity contribution in [3.8, 4) is 0 Å². The Morgan fingerprint density at radius 3 is 1.68 bits per heavy atom. The monoisotopic (exact) mass is 360 g/mol. The molecular formula is C16H33KO4S. The van der Waals surface area contributed by atoms with Crippen molar-refractivity contribution >= 4 is 10.1 Å². The van der Waals surface area contributed by atoms with Crippen LogP contribution in [0.1, 0.15) is 90.4 Å². The van der Waals surface area contributed by atoms with Crippen LogP contribution in [-0.2, 0) is 10.1 Å². The molecule has 0 aromatic rings. The molecule has 0 heterocycles. The zero-order valence-corrected chi connectivity index (χ0v) is 18.5. The molecule has 0 aliphatic carbocycles. The van der Waals surface area contributed by atoms with Gasteiger partial charge < -0.3 is 9.66 Å². The van der Waals surface area contributed by atoms with Gasteiger partial charge >= 0.3 is 51.4 Å². The molecule has 128 valence electrons. The fourth-order valence-corrected chi connectivity index (χ4v) is 3.04. The minimum absolute atomic E-state index is 0. The van der Waals surface area contributed by atoms with E-state index in [1.807, 2.05) is 0 Å². The number of unbranched alkanes of at least 4 members (excludes halogenated alkanes) is 9. The average Bonchev–Trinajstić information content (AvgIpc) is 2.41. The Hall–Kier alpha value is 1.51. The van der Waals surface area contributed by atoms with E-state index < -0.39 is 10.1 Å². The minimum atomic E-state index is -4.02. The van der Waals surface area contributed by atoms with Gasteiger partial charge in [0.25, 0.3) is 0 Å². The second-order valence-corrected chi connectivity index (χ2v) is 7.55. The molecule has 0 saturated carbocycles. The largest absolute Gasteiger partial charge is 1.00 e. The van der Waals surface area contributed by atoms with E-state index in [2.05, 4.69) is 6.92 Å². The van der Waals surface area contributed by atoms with Crippen molar-refractivity contribution in [3.63, 3.8) is 0 Å². The van der Waals surface area contributed by atoms with E-state index >= 15 is 0 Å². The first-order valence-electron chi connectivity index (χ1n) is 8.57. The van der Waals surface area contributed by atoms with Gasteiger partial charge in [0.1, 0.15) is 0 Å². The van der Waals surface area contributed by atoms with Crippen molar-refractivity contribution in [2.24, 2.45) is 0 Å². The van der Waals surface area contributed by atoms with Crippen molar-refractivity contribution in [2.45, 2.75) is 96.5 Å². The quantitative estimate of drug-likeness (QED) is 0.268. The Kier molecular flexibility index (Phi) is 20.3. The fraction of sp³-hybridized carbons (Fsp3) is 1.00. The zero-order chi connectivity index (χ0) is 16.0. The van der Waals surface area contributed by atoms with Crippen molar-refractivity contribution in [2.75, 3.05) is 5.75 Å². The smallest absolute Gasteiger partial charge is 0.748 e. The summed E-state index contributed by atoms with van der Waals surface area (Å²) < 4.78 is 31.2. The number of aliphatic hydroxyl groups excluding tert-OH is 1. The Labute approximate surface area is 180 Å². The summed E-state index contributed by atoms with van der Waals surface area (Å²) in [6.45, 7) is 2.15. The predicted octanol–water partition coefficient (Wildman–Crippen LogP) is 0.988. The van der Waals surface area contributed by atoms with E-state index in [1.54, 1.807) is 0 Å². The molecule has 0 aliphatic heterocycles. The molecule has 6 heteroatoms. The number of hydrogen-bond donors (Lipinski definition) is 1. The van der Waals surface area contributed by atoms with Crippen molar-refractivity contribution in [1.82, 2.24) is 0 Å². The maximum atomic E-state index is 10.4. The third kappa shape index (κ3) is 21.5. The second-order valence-electron chi connectivity index (χ2n) is 6.03. The van der Waals surface area contributed by atoms with Crippen molar-refractivity contribution < 1.29 is 69.5 Å². The van der Waals surface area contributed by atoms with Crippen LogP contribution in [0.25, 0.3) is 0 Å². The van der Waals surface area contributed by atoms with Gasteiger partial charge in [-0.05, 0) is 19.3 Å². The topological polar surface area (TPSA) is 77.4 Å². The van der Waals surface area contributed by atoms with Crippen LogP contribution < -0.4 is 51.4 Å². The normalized spacial score (nSPS) is 12.9. The molecule has 0 saturated heterocycles. The number of hydrogen-bond acceptors (Lipinski definition) is 4. The van der Waals surface area contributed by atoms with Crippen LogP contribution in [0.4, 0.5) is 0 Å². The molecule has 1 atom stereocenters. The van der Waals surface area contributed by atoms with Crippen LogP contribution in [0.5, 0.6) is 0 Å². The van der Waals surface area contributed by atoms with E-state index in [1.165, 1.54) is 25.7 Å². The van der Waals surface area contributed by atoms with Crippen LogP contribution in [-0.4, -0.2) is 29.9 Å². The number of rotatable bonds is 15. The van der Waals surface area contributed by atoms with Gasteiger partial charge in [-0.25, -0.2) is 8.42 Å². The molecule has 1 N–H and O–H groups in total. The third-order valence-corrected chi connectivity index (χ3v) is 4.61. The van der Waals surface area contributed by atoms with Gasteiger partial charge in [0.15, 0.2) is 0 Å². The Morgan fingerprint density at radius 1 is 0.818 bits per heavy atom. The Bertz CT molecular complexity index is 320. The van der Waals surface area contributed by atoms with Crippen LogP contribution in [0, 0.1) is 0 Å². The molecular weight excluding hydrogens is 327 g/mol. The van der Waals surface area contributed by atoms with E-state index in [9.17, 15) is 18.1 Å². The van der Waals surface area contributed by atoms with E-state index in [4.69, 9.17) is 0 Å². The fourth-order valence-electron chi connectivity index (χ4n) is 2.48.